The number of aryl methyl sites for hydroxylation is 2. The van der Waals surface area contributed by atoms with Gasteiger partial charge in [-0.1, -0.05) is 18.2 Å². The molecule has 3 rings (SSSR count). The summed E-state index contributed by atoms with van der Waals surface area (Å²) in [6, 6.07) is 12.8. The van der Waals surface area contributed by atoms with Crippen LogP contribution in [0.25, 0.3) is 11.0 Å². The van der Waals surface area contributed by atoms with Crippen molar-refractivity contribution < 1.29 is 14.3 Å². The molecular weight excluding hydrogens is 332 g/mol. The highest BCUT2D eigenvalue weighted by atomic mass is 16.5. The van der Waals surface area contributed by atoms with Gasteiger partial charge in [0.25, 0.3) is 11.8 Å². The normalized spacial score (nSPS) is 10.4. The van der Waals surface area contributed by atoms with Crippen molar-refractivity contribution >= 4 is 22.8 Å². The molecule has 132 valence electrons. The Kier molecular flexibility index (Phi) is 5.07. The SMILES string of the molecule is Cc1ccc(OCC(=O)NNC(=O)c2cnc3ccccc3n2)cc1C. The lowest BCUT2D eigenvalue weighted by atomic mass is 10.1. The van der Waals surface area contributed by atoms with Gasteiger partial charge in [-0.25, -0.2) is 4.98 Å². The van der Waals surface area contributed by atoms with E-state index in [2.05, 4.69) is 20.8 Å². The molecule has 0 radical (unpaired) electrons. The molecule has 26 heavy (non-hydrogen) atoms. The van der Waals surface area contributed by atoms with E-state index in [0.717, 1.165) is 11.1 Å². The summed E-state index contributed by atoms with van der Waals surface area (Å²) in [4.78, 5) is 32.3. The lowest BCUT2D eigenvalue weighted by molar-refractivity contribution is -0.123. The van der Waals surface area contributed by atoms with Crippen molar-refractivity contribution in [3.63, 3.8) is 0 Å². The molecule has 0 unspecified atom stereocenters. The van der Waals surface area contributed by atoms with E-state index in [-0.39, 0.29) is 12.3 Å². The first-order valence-electron chi connectivity index (χ1n) is 8.04. The maximum Gasteiger partial charge on any atom is 0.289 e. The molecule has 0 fully saturated rings. The molecule has 0 aliphatic carbocycles. The smallest absolute Gasteiger partial charge is 0.289 e. The first-order valence-corrected chi connectivity index (χ1v) is 8.04. The van der Waals surface area contributed by atoms with E-state index in [1.165, 1.54) is 6.20 Å². The number of amides is 2. The van der Waals surface area contributed by atoms with Crippen LogP contribution in [0.5, 0.6) is 5.75 Å². The second-order valence-electron chi connectivity index (χ2n) is 5.78. The van der Waals surface area contributed by atoms with Crippen LogP contribution >= 0.6 is 0 Å². The predicted octanol–water partition coefficient (Wildman–Crippen LogP) is 2.09. The molecule has 2 amide bonds. The van der Waals surface area contributed by atoms with Crippen LogP contribution in [0.3, 0.4) is 0 Å². The van der Waals surface area contributed by atoms with E-state index in [4.69, 9.17) is 4.74 Å². The van der Waals surface area contributed by atoms with Crippen LogP contribution in [0.4, 0.5) is 0 Å². The molecule has 0 bridgehead atoms. The van der Waals surface area contributed by atoms with Crippen LogP contribution in [-0.2, 0) is 4.79 Å². The first kappa shape index (κ1) is 17.3. The highest BCUT2D eigenvalue weighted by molar-refractivity contribution is 5.95. The van der Waals surface area contributed by atoms with Gasteiger partial charge in [-0.2, -0.15) is 0 Å². The number of ether oxygens (including phenoxy) is 1. The summed E-state index contributed by atoms with van der Waals surface area (Å²) >= 11 is 0. The van der Waals surface area contributed by atoms with Crippen molar-refractivity contribution in [1.29, 1.82) is 0 Å². The third-order valence-electron chi connectivity index (χ3n) is 3.84. The number of nitrogens with zero attached hydrogens (tertiary/aromatic N) is 2. The largest absolute Gasteiger partial charge is 0.484 e. The highest BCUT2D eigenvalue weighted by Crippen LogP contribution is 2.16. The lowest BCUT2D eigenvalue weighted by Crippen LogP contribution is -2.44. The van der Waals surface area contributed by atoms with Crippen LogP contribution in [0.1, 0.15) is 21.6 Å². The van der Waals surface area contributed by atoms with Gasteiger partial charge in [-0.3, -0.25) is 25.4 Å². The van der Waals surface area contributed by atoms with Gasteiger partial charge < -0.3 is 4.74 Å². The summed E-state index contributed by atoms with van der Waals surface area (Å²) in [5.74, 6) is -0.442. The first-order chi connectivity index (χ1) is 12.5. The lowest BCUT2D eigenvalue weighted by Gasteiger charge is -2.10. The minimum atomic E-state index is -0.553. The highest BCUT2D eigenvalue weighted by Gasteiger charge is 2.11. The number of fused-ring (bicyclic) bond motifs is 1. The Balaban J connectivity index is 1.53. The van der Waals surface area contributed by atoms with Crippen molar-refractivity contribution in [2.24, 2.45) is 0 Å². The van der Waals surface area contributed by atoms with Gasteiger partial charge in [-0.05, 0) is 49.2 Å². The van der Waals surface area contributed by atoms with Gasteiger partial charge in [0, 0.05) is 0 Å². The fourth-order valence-electron chi connectivity index (χ4n) is 2.25. The Morgan fingerprint density at radius 1 is 1.00 bits per heavy atom. The summed E-state index contributed by atoms with van der Waals surface area (Å²) in [6.45, 7) is 3.75. The van der Waals surface area contributed by atoms with Crippen molar-refractivity contribution in [2.75, 3.05) is 6.61 Å². The Morgan fingerprint density at radius 2 is 1.77 bits per heavy atom. The third kappa shape index (κ3) is 4.13. The zero-order valence-electron chi connectivity index (χ0n) is 14.4. The second kappa shape index (κ2) is 7.60. The van der Waals surface area contributed by atoms with Crippen LogP contribution in [-0.4, -0.2) is 28.4 Å². The number of carbonyl (C=O) groups excluding carboxylic acids is 2. The molecule has 2 aromatic carbocycles. The Bertz CT molecular complexity index is 972. The molecule has 0 aliphatic rings. The number of benzene rings is 2. The van der Waals surface area contributed by atoms with Crippen molar-refractivity contribution in [3.8, 4) is 5.75 Å². The van der Waals surface area contributed by atoms with Crippen LogP contribution in [0, 0.1) is 13.8 Å². The Morgan fingerprint density at radius 3 is 2.54 bits per heavy atom. The molecule has 0 saturated heterocycles. The molecule has 7 nitrogen and oxygen atoms in total. The zero-order chi connectivity index (χ0) is 18.5. The zero-order valence-corrected chi connectivity index (χ0v) is 14.4. The summed E-state index contributed by atoms with van der Waals surface area (Å²) < 4.78 is 5.41. The molecule has 0 aliphatic heterocycles. The maximum atomic E-state index is 12.1. The van der Waals surface area contributed by atoms with Crippen LogP contribution < -0.4 is 15.6 Å². The monoisotopic (exact) mass is 350 g/mol. The number of carbonyl (C=O) groups is 2. The van der Waals surface area contributed by atoms with E-state index in [9.17, 15) is 9.59 Å². The summed E-state index contributed by atoms with van der Waals surface area (Å²) in [6.07, 6.45) is 1.36. The average molecular weight is 350 g/mol. The number of para-hydroxylation sites is 2. The molecule has 0 atom stereocenters. The second-order valence-corrected chi connectivity index (χ2v) is 5.78. The minimum absolute atomic E-state index is 0.110. The van der Waals surface area contributed by atoms with Crippen LogP contribution in [0.15, 0.2) is 48.7 Å². The topological polar surface area (TPSA) is 93.2 Å². The number of aromatic nitrogens is 2. The number of hydrogen-bond donors (Lipinski definition) is 2. The van der Waals surface area contributed by atoms with Gasteiger partial charge in [0.05, 0.1) is 17.2 Å². The van der Waals surface area contributed by atoms with Gasteiger partial charge in [0.15, 0.2) is 6.61 Å². The van der Waals surface area contributed by atoms with Crippen molar-refractivity contribution in [2.45, 2.75) is 13.8 Å². The Hall–Kier alpha value is -3.48. The number of nitrogens with one attached hydrogen (secondary N) is 2. The molecule has 1 aromatic heterocycles. The molecule has 7 heteroatoms. The average Bonchev–Trinajstić information content (AvgIpc) is 2.66. The standard InChI is InChI=1S/C19H18N4O3/c1-12-7-8-14(9-13(12)2)26-11-18(24)22-23-19(25)17-10-20-15-5-3-4-6-16(15)21-17/h3-10H,11H2,1-2H3,(H,22,24)(H,23,25). The molecule has 0 saturated carbocycles. The predicted molar refractivity (Wildman–Crippen MR) is 96.6 cm³/mol. The molecular formula is C19H18N4O3. The molecule has 1 heterocycles. The Labute approximate surface area is 150 Å². The number of hydrazine groups is 1. The maximum absolute atomic E-state index is 12.1. The van der Waals surface area contributed by atoms with E-state index < -0.39 is 11.8 Å². The fourth-order valence-corrected chi connectivity index (χ4v) is 2.25. The van der Waals surface area contributed by atoms with E-state index in [1.54, 1.807) is 18.2 Å². The van der Waals surface area contributed by atoms with Gasteiger partial charge in [-0.15, -0.1) is 0 Å². The molecule has 2 N–H and O–H groups in total. The van der Waals surface area contributed by atoms with Crippen molar-refractivity contribution in [1.82, 2.24) is 20.8 Å². The van der Waals surface area contributed by atoms with E-state index >= 15 is 0 Å². The van der Waals surface area contributed by atoms with E-state index in [0.29, 0.717) is 16.8 Å². The van der Waals surface area contributed by atoms with Gasteiger partial charge in [0.1, 0.15) is 11.4 Å². The van der Waals surface area contributed by atoms with Crippen molar-refractivity contribution in [3.05, 3.63) is 65.5 Å². The minimum Gasteiger partial charge on any atom is -0.484 e. The fraction of sp³-hybridized carbons (Fsp3) is 0.158. The summed E-state index contributed by atoms with van der Waals surface area (Å²) in [5.41, 5.74) is 8.21. The molecule has 3 aromatic rings. The number of rotatable bonds is 4. The third-order valence-corrected chi connectivity index (χ3v) is 3.84. The summed E-state index contributed by atoms with van der Waals surface area (Å²) in [5, 5.41) is 0. The summed E-state index contributed by atoms with van der Waals surface area (Å²) in [7, 11) is 0. The van der Waals surface area contributed by atoms with Gasteiger partial charge in [0.2, 0.25) is 0 Å². The van der Waals surface area contributed by atoms with Crippen LogP contribution in [0.2, 0.25) is 0 Å². The number of hydrogen-bond acceptors (Lipinski definition) is 5. The quantitative estimate of drug-likeness (QED) is 0.703. The van der Waals surface area contributed by atoms with Gasteiger partial charge >= 0.3 is 0 Å². The molecule has 0 spiro atoms. The van der Waals surface area contributed by atoms with E-state index in [1.807, 2.05) is 38.1 Å².